The molecule has 0 saturated heterocycles. The first-order valence-corrected chi connectivity index (χ1v) is 7.93. The standard InChI is InChI=1S/C17H21NO3S/c1-10-12(3)22-9-14(10)17(19)18-11(2)13-6-7-15(20-4)16(8-13)21-5/h6-9,11H,1-5H3,(H,18,19)/t11-/m0/s1. The Morgan fingerprint density at radius 3 is 2.41 bits per heavy atom. The van der Waals surface area contributed by atoms with Crippen LogP contribution in [0.3, 0.4) is 0 Å². The zero-order chi connectivity index (χ0) is 16.3. The fraction of sp³-hybridized carbons (Fsp3) is 0.353. The lowest BCUT2D eigenvalue weighted by molar-refractivity contribution is 0.0939. The molecule has 1 aromatic carbocycles. The Bertz CT molecular complexity index is 679. The second-order valence-electron chi connectivity index (χ2n) is 5.14. The van der Waals surface area contributed by atoms with Crippen molar-refractivity contribution < 1.29 is 14.3 Å². The SMILES string of the molecule is COc1ccc([C@H](C)NC(=O)c2csc(C)c2C)cc1OC. The Hall–Kier alpha value is -2.01. The van der Waals surface area contributed by atoms with Crippen LogP contribution >= 0.6 is 11.3 Å². The fourth-order valence-electron chi connectivity index (χ4n) is 2.22. The van der Waals surface area contributed by atoms with Gasteiger partial charge in [-0.15, -0.1) is 11.3 Å². The van der Waals surface area contributed by atoms with Crippen molar-refractivity contribution in [3.8, 4) is 11.5 Å². The van der Waals surface area contributed by atoms with Crippen LogP contribution in [0, 0.1) is 13.8 Å². The van der Waals surface area contributed by atoms with Crippen LogP contribution in [-0.2, 0) is 0 Å². The van der Waals surface area contributed by atoms with Gasteiger partial charge in [-0.25, -0.2) is 0 Å². The second kappa shape index (κ2) is 6.83. The molecule has 5 heteroatoms. The van der Waals surface area contributed by atoms with E-state index < -0.39 is 0 Å². The highest BCUT2D eigenvalue weighted by molar-refractivity contribution is 7.10. The van der Waals surface area contributed by atoms with E-state index in [-0.39, 0.29) is 11.9 Å². The molecule has 2 aromatic rings. The fourth-order valence-corrected chi connectivity index (χ4v) is 3.08. The van der Waals surface area contributed by atoms with Crippen molar-refractivity contribution in [1.29, 1.82) is 0 Å². The predicted molar refractivity (Wildman–Crippen MR) is 89.2 cm³/mol. The molecule has 0 radical (unpaired) electrons. The van der Waals surface area contributed by atoms with Gasteiger partial charge in [0.25, 0.3) is 5.91 Å². The van der Waals surface area contributed by atoms with Crippen molar-refractivity contribution in [3.05, 3.63) is 45.1 Å². The van der Waals surface area contributed by atoms with Gasteiger partial charge in [0.05, 0.1) is 25.8 Å². The molecule has 1 atom stereocenters. The number of thiophene rings is 1. The van der Waals surface area contributed by atoms with Crippen molar-refractivity contribution in [2.45, 2.75) is 26.8 Å². The summed E-state index contributed by atoms with van der Waals surface area (Å²) in [4.78, 5) is 13.6. The van der Waals surface area contributed by atoms with Crippen LogP contribution in [0.5, 0.6) is 11.5 Å². The first-order chi connectivity index (χ1) is 10.5. The lowest BCUT2D eigenvalue weighted by Crippen LogP contribution is -2.26. The smallest absolute Gasteiger partial charge is 0.252 e. The van der Waals surface area contributed by atoms with Crippen LogP contribution in [0.2, 0.25) is 0 Å². The van der Waals surface area contributed by atoms with E-state index in [0.29, 0.717) is 11.5 Å². The molecule has 0 aliphatic rings. The van der Waals surface area contributed by atoms with E-state index in [2.05, 4.69) is 5.32 Å². The van der Waals surface area contributed by atoms with Crippen LogP contribution < -0.4 is 14.8 Å². The van der Waals surface area contributed by atoms with Crippen molar-refractivity contribution in [1.82, 2.24) is 5.32 Å². The number of hydrogen-bond acceptors (Lipinski definition) is 4. The molecule has 0 fully saturated rings. The second-order valence-corrected chi connectivity index (χ2v) is 6.22. The normalized spacial score (nSPS) is 11.9. The molecule has 1 heterocycles. The van der Waals surface area contributed by atoms with Gasteiger partial charge >= 0.3 is 0 Å². The Morgan fingerprint density at radius 1 is 1.18 bits per heavy atom. The van der Waals surface area contributed by atoms with Crippen LogP contribution in [0.4, 0.5) is 0 Å². The number of amides is 1. The minimum atomic E-state index is -0.119. The molecule has 0 spiro atoms. The van der Waals surface area contributed by atoms with Crippen LogP contribution in [0.15, 0.2) is 23.6 Å². The van der Waals surface area contributed by atoms with Crippen molar-refractivity contribution in [2.75, 3.05) is 14.2 Å². The monoisotopic (exact) mass is 319 g/mol. The summed E-state index contributed by atoms with van der Waals surface area (Å²) in [6.07, 6.45) is 0. The molecule has 22 heavy (non-hydrogen) atoms. The van der Waals surface area contributed by atoms with Gasteiger partial charge in [-0.05, 0) is 44.0 Å². The molecule has 4 nitrogen and oxygen atoms in total. The van der Waals surface area contributed by atoms with E-state index in [4.69, 9.17) is 9.47 Å². The average molecular weight is 319 g/mol. The Morgan fingerprint density at radius 2 is 1.86 bits per heavy atom. The summed E-state index contributed by atoms with van der Waals surface area (Å²) in [5.74, 6) is 1.28. The average Bonchev–Trinajstić information content (AvgIpc) is 2.86. The molecule has 1 aromatic heterocycles. The number of hydrogen-bond donors (Lipinski definition) is 1. The third kappa shape index (κ3) is 3.25. The summed E-state index contributed by atoms with van der Waals surface area (Å²) < 4.78 is 10.5. The molecule has 1 N–H and O–H groups in total. The van der Waals surface area contributed by atoms with E-state index in [0.717, 1.165) is 16.7 Å². The number of benzene rings is 1. The molecule has 0 aliphatic carbocycles. The number of methoxy groups -OCH3 is 2. The quantitative estimate of drug-likeness (QED) is 0.910. The Labute approximate surface area is 135 Å². The Kier molecular flexibility index (Phi) is 5.08. The number of carbonyl (C=O) groups excluding carboxylic acids is 1. The number of aryl methyl sites for hydroxylation is 1. The maximum absolute atomic E-state index is 12.4. The predicted octanol–water partition coefficient (Wildman–Crippen LogP) is 3.87. The highest BCUT2D eigenvalue weighted by atomic mass is 32.1. The molecule has 0 bridgehead atoms. The third-order valence-corrected chi connectivity index (χ3v) is 4.80. The first-order valence-electron chi connectivity index (χ1n) is 7.05. The molecule has 0 unspecified atom stereocenters. The number of nitrogens with one attached hydrogen (secondary N) is 1. The van der Waals surface area contributed by atoms with E-state index in [1.54, 1.807) is 25.6 Å². The first kappa shape index (κ1) is 16.4. The van der Waals surface area contributed by atoms with E-state index in [1.807, 2.05) is 44.4 Å². The van der Waals surface area contributed by atoms with E-state index in [1.165, 1.54) is 4.88 Å². The lowest BCUT2D eigenvalue weighted by atomic mass is 10.1. The lowest BCUT2D eigenvalue weighted by Gasteiger charge is -2.16. The minimum absolute atomic E-state index is 0.0517. The highest BCUT2D eigenvalue weighted by Gasteiger charge is 2.16. The molecule has 0 saturated carbocycles. The zero-order valence-electron chi connectivity index (χ0n) is 13.5. The summed E-state index contributed by atoms with van der Waals surface area (Å²) in [7, 11) is 3.20. The maximum atomic E-state index is 12.4. The molecular formula is C17H21NO3S. The summed E-state index contributed by atoms with van der Waals surface area (Å²) in [6.45, 7) is 5.95. The van der Waals surface area contributed by atoms with Gasteiger partial charge in [-0.1, -0.05) is 6.07 Å². The summed E-state index contributed by atoms with van der Waals surface area (Å²) in [5, 5.41) is 4.93. The van der Waals surface area contributed by atoms with Gasteiger partial charge in [0.2, 0.25) is 0 Å². The number of ether oxygens (including phenoxy) is 2. The number of rotatable bonds is 5. The van der Waals surface area contributed by atoms with Gasteiger partial charge in [0, 0.05) is 10.3 Å². The molecule has 0 aliphatic heterocycles. The van der Waals surface area contributed by atoms with E-state index in [9.17, 15) is 4.79 Å². The molecule has 2 rings (SSSR count). The van der Waals surface area contributed by atoms with Crippen molar-refractivity contribution >= 4 is 17.2 Å². The van der Waals surface area contributed by atoms with Crippen LogP contribution in [0.1, 0.15) is 39.3 Å². The molecule has 118 valence electrons. The third-order valence-electron chi connectivity index (χ3n) is 3.79. The van der Waals surface area contributed by atoms with Gasteiger partial charge in [0.1, 0.15) is 0 Å². The molecular weight excluding hydrogens is 298 g/mol. The Balaban J connectivity index is 2.17. The summed E-state index contributed by atoms with van der Waals surface area (Å²) >= 11 is 1.60. The maximum Gasteiger partial charge on any atom is 0.252 e. The summed E-state index contributed by atoms with van der Waals surface area (Å²) in [5.41, 5.74) is 2.76. The van der Waals surface area contributed by atoms with E-state index >= 15 is 0 Å². The molecule has 1 amide bonds. The zero-order valence-corrected chi connectivity index (χ0v) is 14.3. The van der Waals surface area contributed by atoms with Crippen LogP contribution in [0.25, 0.3) is 0 Å². The summed E-state index contributed by atoms with van der Waals surface area (Å²) in [6, 6.07) is 5.54. The largest absolute Gasteiger partial charge is 0.493 e. The van der Waals surface area contributed by atoms with Gasteiger partial charge in [0.15, 0.2) is 11.5 Å². The van der Waals surface area contributed by atoms with Crippen molar-refractivity contribution in [3.63, 3.8) is 0 Å². The number of carbonyl (C=O) groups is 1. The van der Waals surface area contributed by atoms with Gasteiger partial charge < -0.3 is 14.8 Å². The highest BCUT2D eigenvalue weighted by Crippen LogP contribution is 2.30. The van der Waals surface area contributed by atoms with Gasteiger partial charge in [-0.2, -0.15) is 0 Å². The van der Waals surface area contributed by atoms with Crippen LogP contribution in [-0.4, -0.2) is 20.1 Å². The van der Waals surface area contributed by atoms with Crippen molar-refractivity contribution in [2.24, 2.45) is 0 Å². The van der Waals surface area contributed by atoms with Gasteiger partial charge in [-0.3, -0.25) is 4.79 Å². The minimum Gasteiger partial charge on any atom is -0.493 e. The topological polar surface area (TPSA) is 47.6 Å².